The van der Waals surface area contributed by atoms with E-state index in [-0.39, 0.29) is 22.1 Å². The van der Waals surface area contributed by atoms with Crippen molar-refractivity contribution in [2.24, 2.45) is 5.73 Å². The first-order valence-corrected chi connectivity index (χ1v) is 10.6. The third kappa shape index (κ3) is 9.60. The number of nitrogens with zero attached hydrogens (tertiary/aromatic N) is 3. The molecule has 3 rings (SSSR count). The van der Waals surface area contributed by atoms with E-state index >= 15 is 0 Å². The summed E-state index contributed by atoms with van der Waals surface area (Å²) in [6.45, 7) is 4.40. The minimum absolute atomic E-state index is 0.0186. The van der Waals surface area contributed by atoms with Gasteiger partial charge in [-0.05, 0) is 18.2 Å². The number of alkyl halides is 6. The zero-order valence-electron chi connectivity index (χ0n) is 19.9. The molecule has 0 saturated heterocycles. The van der Waals surface area contributed by atoms with Crippen molar-refractivity contribution < 1.29 is 51.3 Å². The number of rotatable bonds is 4. The third-order valence-electron chi connectivity index (χ3n) is 4.49. The molecule has 0 amide bonds. The van der Waals surface area contributed by atoms with Gasteiger partial charge in [0.25, 0.3) is 0 Å². The van der Waals surface area contributed by atoms with Gasteiger partial charge in [0, 0.05) is 23.7 Å². The highest BCUT2D eigenvalue weighted by Crippen LogP contribution is 2.35. The van der Waals surface area contributed by atoms with Gasteiger partial charge in [-0.3, -0.25) is 0 Å². The van der Waals surface area contributed by atoms with Crippen LogP contribution >= 0.6 is 11.6 Å². The number of phenols is 1. The lowest BCUT2D eigenvalue weighted by atomic mass is 9.93. The highest BCUT2D eigenvalue weighted by Gasteiger charge is 2.38. The lowest BCUT2D eigenvalue weighted by Crippen LogP contribution is -2.29. The molecule has 39 heavy (non-hydrogen) atoms. The van der Waals surface area contributed by atoms with E-state index in [0.29, 0.717) is 35.0 Å². The van der Waals surface area contributed by atoms with E-state index in [4.69, 9.17) is 47.9 Å². The number of imidazole rings is 1. The SMILES string of the molecule is CC(C)(CN)c1nc(-c2ccc(Cl)c(O)c2)c(-c2ccnc(N)n2)[nH]1.O=C(O)C(F)(F)F.O=C(O)C(F)(F)F. The first-order valence-electron chi connectivity index (χ1n) is 10.2. The van der Waals surface area contributed by atoms with Crippen molar-refractivity contribution in [3.8, 4) is 28.4 Å². The zero-order valence-corrected chi connectivity index (χ0v) is 20.7. The van der Waals surface area contributed by atoms with Crippen LogP contribution in [0.15, 0.2) is 30.5 Å². The molecule has 0 aliphatic rings. The number of aromatic nitrogens is 4. The van der Waals surface area contributed by atoms with Crippen molar-refractivity contribution >= 4 is 29.5 Å². The molecule has 0 fully saturated rings. The number of carboxylic acids is 2. The molecular weight excluding hydrogens is 566 g/mol. The Kier molecular flexibility index (Phi) is 10.6. The summed E-state index contributed by atoms with van der Waals surface area (Å²) in [5, 5.41) is 24.5. The Morgan fingerprint density at radius 3 is 1.92 bits per heavy atom. The Balaban J connectivity index is 0.000000449. The molecule has 0 aliphatic heterocycles. The number of aromatic hydroxyl groups is 1. The number of hydrogen-bond donors (Lipinski definition) is 6. The van der Waals surface area contributed by atoms with Crippen LogP contribution in [0, 0.1) is 0 Å². The highest BCUT2D eigenvalue weighted by molar-refractivity contribution is 6.32. The number of hydrogen-bond acceptors (Lipinski definition) is 8. The molecule has 0 saturated carbocycles. The van der Waals surface area contributed by atoms with Crippen molar-refractivity contribution in [1.29, 1.82) is 0 Å². The minimum Gasteiger partial charge on any atom is -0.506 e. The number of H-pyrrole nitrogens is 1. The summed E-state index contributed by atoms with van der Waals surface area (Å²) >= 11 is 5.91. The first kappa shape index (κ1) is 32.9. The molecule has 0 radical (unpaired) electrons. The number of anilines is 1. The van der Waals surface area contributed by atoms with E-state index in [1.165, 1.54) is 0 Å². The first-order chi connectivity index (χ1) is 17.7. The molecule has 0 spiro atoms. The molecule has 8 N–H and O–H groups in total. The Hall–Kier alpha value is -4.12. The summed E-state index contributed by atoms with van der Waals surface area (Å²) in [7, 11) is 0. The van der Waals surface area contributed by atoms with E-state index in [2.05, 4.69) is 15.0 Å². The summed E-state index contributed by atoms with van der Waals surface area (Å²) in [5.74, 6) is -4.65. The molecule has 0 aliphatic carbocycles. The number of nitrogens with one attached hydrogen (secondary N) is 1. The van der Waals surface area contributed by atoms with Gasteiger partial charge in [0.2, 0.25) is 5.95 Å². The maximum Gasteiger partial charge on any atom is 0.490 e. The summed E-state index contributed by atoms with van der Waals surface area (Å²) in [6.07, 6.45) is -8.59. The molecule has 2 aromatic heterocycles. The van der Waals surface area contributed by atoms with Gasteiger partial charge in [-0.2, -0.15) is 26.3 Å². The van der Waals surface area contributed by atoms with Gasteiger partial charge in [0.1, 0.15) is 11.6 Å². The standard InChI is InChI=1S/C17H19ClN6O.2C2HF3O2/c1-17(2,8-19)15-23-13(9-3-4-10(18)12(25)7-9)14(24-15)11-5-6-21-16(20)22-11;2*3-2(4,5)1(6)7/h3-7,25H,8,19H2,1-2H3,(H,23,24)(H2,20,21,22);2*(H,6,7). The van der Waals surface area contributed by atoms with Gasteiger partial charge >= 0.3 is 24.3 Å². The lowest BCUT2D eigenvalue weighted by molar-refractivity contribution is -0.193. The Labute approximate surface area is 220 Å². The number of carbonyl (C=O) groups is 2. The summed E-state index contributed by atoms with van der Waals surface area (Å²) in [4.78, 5) is 34.0. The average Bonchev–Trinajstić information content (AvgIpc) is 3.27. The van der Waals surface area contributed by atoms with E-state index < -0.39 is 24.3 Å². The van der Waals surface area contributed by atoms with E-state index in [1.807, 2.05) is 13.8 Å². The fraction of sp³-hybridized carbons (Fsp3) is 0.286. The molecule has 0 unspecified atom stereocenters. The smallest absolute Gasteiger partial charge is 0.490 e. The van der Waals surface area contributed by atoms with Crippen LogP contribution < -0.4 is 11.5 Å². The number of aromatic amines is 1. The third-order valence-corrected chi connectivity index (χ3v) is 4.81. The van der Waals surface area contributed by atoms with Gasteiger partial charge in [0.05, 0.1) is 22.1 Å². The van der Waals surface area contributed by atoms with Crippen molar-refractivity contribution in [3.05, 3.63) is 41.3 Å². The molecule has 2 heterocycles. The van der Waals surface area contributed by atoms with Crippen molar-refractivity contribution in [2.45, 2.75) is 31.6 Å². The predicted molar refractivity (Wildman–Crippen MR) is 126 cm³/mol. The molecular formula is C21H21ClF6N6O5. The number of phenolic OH excluding ortho intramolecular Hbond substituents is 1. The molecule has 0 bridgehead atoms. The van der Waals surface area contributed by atoms with Crippen LogP contribution in [0.1, 0.15) is 19.7 Å². The van der Waals surface area contributed by atoms with E-state index in [1.54, 1.807) is 30.5 Å². The van der Waals surface area contributed by atoms with Gasteiger partial charge in [-0.15, -0.1) is 0 Å². The largest absolute Gasteiger partial charge is 0.506 e. The topological polar surface area (TPSA) is 201 Å². The predicted octanol–water partition coefficient (Wildman–Crippen LogP) is 3.98. The quantitative estimate of drug-likeness (QED) is 0.243. The second kappa shape index (κ2) is 12.6. The maximum atomic E-state index is 10.6. The van der Waals surface area contributed by atoms with Crippen LogP contribution in [0.4, 0.5) is 32.3 Å². The van der Waals surface area contributed by atoms with Gasteiger partial charge in [0.15, 0.2) is 0 Å². The summed E-state index contributed by atoms with van der Waals surface area (Å²) in [6, 6.07) is 6.70. The van der Waals surface area contributed by atoms with Crippen molar-refractivity contribution in [2.75, 3.05) is 12.3 Å². The molecule has 18 heteroatoms. The Morgan fingerprint density at radius 2 is 1.51 bits per heavy atom. The van der Waals surface area contributed by atoms with Gasteiger partial charge in [-0.25, -0.2) is 24.5 Å². The highest BCUT2D eigenvalue weighted by atomic mass is 35.5. The summed E-state index contributed by atoms with van der Waals surface area (Å²) in [5.41, 5.74) is 13.8. The fourth-order valence-electron chi connectivity index (χ4n) is 2.36. The Bertz CT molecular complexity index is 1290. The summed E-state index contributed by atoms with van der Waals surface area (Å²) < 4.78 is 63.5. The zero-order chi connectivity index (χ0) is 30.3. The average molecular weight is 587 g/mol. The van der Waals surface area contributed by atoms with Crippen LogP contribution in [-0.4, -0.2) is 66.1 Å². The number of aliphatic carboxylic acids is 2. The van der Waals surface area contributed by atoms with Crippen molar-refractivity contribution in [1.82, 2.24) is 19.9 Å². The minimum atomic E-state index is -5.08. The molecule has 11 nitrogen and oxygen atoms in total. The molecule has 0 atom stereocenters. The van der Waals surface area contributed by atoms with E-state index in [0.717, 1.165) is 0 Å². The second-order valence-corrected chi connectivity index (χ2v) is 8.38. The van der Waals surface area contributed by atoms with Gasteiger partial charge in [-0.1, -0.05) is 31.5 Å². The van der Waals surface area contributed by atoms with Crippen LogP contribution in [0.2, 0.25) is 5.02 Å². The van der Waals surface area contributed by atoms with Crippen LogP contribution in [0.3, 0.4) is 0 Å². The fourth-order valence-corrected chi connectivity index (χ4v) is 2.48. The maximum absolute atomic E-state index is 10.6. The Morgan fingerprint density at radius 1 is 1.00 bits per heavy atom. The molecule has 3 aromatic rings. The van der Waals surface area contributed by atoms with Crippen molar-refractivity contribution in [3.63, 3.8) is 0 Å². The van der Waals surface area contributed by atoms with Crippen LogP contribution in [0.5, 0.6) is 5.75 Å². The lowest BCUT2D eigenvalue weighted by Gasteiger charge is -2.18. The number of nitrogens with two attached hydrogens (primary N) is 2. The number of benzene rings is 1. The monoisotopic (exact) mass is 586 g/mol. The molecule has 214 valence electrons. The second-order valence-electron chi connectivity index (χ2n) is 7.97. The van der Waals surface area contributed by atoms with E-state index in [9.17, 15) is 31.4 Å². The van der Waals surface area contributed by atoms with Crippen LogP contribution in [0.25, 0.3) is 22.6 Å². The number of carboxylic acid groups (broad SMARTS) is 2. The normalized spacial score (nSPS) is 11.5. The number of halogens is 7. The number of nitrogen functional groups attached to an aromatic ring is 1. The van der Waals surface area contributed by atoms with Crippen LogP contribution in [-0.2, 0) is 15.0 Å². The van der Waals surface area contributed by atoms with Gasteiger partial charge < -0.3 is 31.8 Å². The molecule has 1 aromatic carbocycles.